The van der Waals surface area contributed by atoms with Gasteiger partial charge in [-0.25, -0.2) is 0 Å². The number of hydrogen-bond donors (Lipinski definition) is 1. The Bertz CT molecular complexity index is 1060. The number of halogens is 1. The summed E-state index contributed by atoms with van der Waals surface area (Å²) in [5.74, 6) is 1.97. The molecule has 0 aliphatic heterocycles. The summed E-state index contributed by atoms with van der Waals surface area (Å²) in [6.45, 7) is 0.480. The Morgan fingerprint density at radius 1 is 1.21 bits per heavy atom. The van der Waals surface area contributed by atoms with E-state index in [-0.39, 0.29) is 12.5 Å². The SMILES string of the molecule is COc1ccc(-c2n[nH]c(=S)n2CC(=O)N(C)Cc2cc(Br)ccc2OC)cc1. The molecular weight excluding hydrogens is 456 g/mol. The number of amides is 1. The minimum Gasteiger partial charge on any atom is -0.497 e. The molecule has 0 aliphatic rings. The molecular formula is C20H21BrN4O3S. The number of carbonyl (C=O) groups excluding carboxylic acids is 1. The van der Waals surface area contributed by atoms with Gasteiger partial charge in [0.2, 0.25) is 5.91 Å². The van der Waals surface area contributed by atoms with Crippen LogP contribution in [0.1, 0.15) is 5.56 Å². The molecule has 29 heavy (non-hydrogen) atoms. The van der Waals surface area contributed by atoms with Gasteiger partial charge in [0.25, 0.3) is 0 Å². The number of aromatic amines is 1. The Morgan fingerprint density at radius 3 is 2.59 bits per heavy atom. The molecule has 1 amide bonds. The Kier molecular flexibility index (Phi) is 6.71. The van der Waals surface area contributed by atoms with E-state index in [4.69, 9.17) is 21.7 Å². The molecule has 1 heterocycles. The van der Waals surface area contributed by atoms with Crippen molar-refractivity contribution < 1.29 is 14.3 Å². The van der Waals surface area contributed by atoms with Gasteiger partial charge in [0.15, 0.2) is 10.6 Å². The van der Waals surface area contributed by atoms with Crippen LogP contribution in [0, 0.1) is 4.77 Å². The number of methoxy groups -OCH3 is 2. The molecule has 0 atom stereocenters. The highest BCUT2D eigenvalue weighted by Gasteiger charge is 2.17. The fourth-order valence-electron chi connectivity index (χ4n) is 2.90. The van der Waals surface area contributed by atoms with E-state index >= 15 is 0 Å². The maximum Gasteiger partial charge on any atom is 0.242 e. The van der Waals surface area contributed by atoms with Crippen LogP contribution in [0.15, 0.2) is 46.9 Å². The molecule has 7 nitrogen and oxygen atoms in total. The van der Waals surface area contributed by atoms with Gasteiger partial charge < -0.3 is 14.4 Å². The van der Waals surface area contributed by atoms with E-state index in [2.05, 4.69) is 26.1 Å². The van der Waals surface area contributed by atoms with Crippen LogP contribution in [-0.4, -0.2) is 46.8 Å². The van der Waals surface area contributed by atoms with E-state index in [1.807, 2.05) is 42.5 Å². The topological polar surface area (TPSA) is 72.4 Å². The lowest BCUT2D eigenvalue weighted by atomic mass is 10.2. The van der Waals surface area contributed by atoms with E-state index in [0.29, 0.717) is 17.1 Å². The number of benzene rings is 2. The lowest BCUT2D eigenvalue weighted by Gasteiger charge is -2.20. The van der Waals surface area contributed by atoms with E-state index in [0.717, 1.165) is 27.1 Å². The highest BCUT2D eigenvalue weighted by molar-refractivity contribution is 9.10. The summed E-state index contributed by atoms with van der Waals surface area (Å²) in [6.07, 6.45) is 0. The minimum absolute atomic E-state index is 0.0729. The van der Waals surface area contributed by atoms with Gasteiger partial charge >= 0.3 is 0 Å². The average Bonchev–Trinajstić information content (AvgIpc) is 3.08. The monoisotopic (exact) mass is 476 g/mol. The van der Waals surface area contributed by atoms with Crippen LogP contribution < -0.4 is 9.47 Å². The summed E-state index contributed by atoms with van der Waals surface area (Å²) in [6, 6.07) is 13.1. The van der Waals surface area contributed by atoms with Gasteiger partial charge in [-0.3, -0.25) is 14.5 Å². The number of hydrogen-bond acceptors (Lipinski definition) is 5. The standard InChI is InChI=1S/C20H21BrN4O3S/c1-24(11-14-10-15(21)6-9-17(14)28-3)18(26)12-25-19(22-23-20(25)29)13-4-7-16(27-2)8-5-13/h4-10H,11-12H2,1-3H3,(H,23,29). The second-order valence-electron chi connectivity index (χ2n) is 6.37. The van der Waals surface area contributed by atoms with Crippen LogP contribution >= 0.6 is 28.1 Å². The quantitative estimate of drug-likeness (QED) is 0.520. The predicted octanol–water partition coefficient (Wildman–Crippen LogP) is 4.05. The molecule has 0 bridgehead atoms. The Hall–Kier alpha value is -2.65. The number of rotatable bonds is 7. The van der Waals surface area contributed by atoms with Gasteiger partial charge in [-0.15, -0.1) is 0 Å². The first-order valence-corrected chi connectivity index (χ1v) is 9.99. The fourth-order valence-corrected chi connectivity index (χ4v) is 3.50. The summed E-state index contributed by atoms with van der Waals surface area (Å²) < 4.78 is 13.6. The van der Waals surface area contributed by atoms with Crippen LogP contribution in [0.25, 0.3) is 11.4 Å². The first kappa shape index (κ1) is 21.1. The van der Waals surface area contributed by atoms with Gasteiger partial charge in [0.05, 0.1) is 14.2 Å². The molecule has 1 N–H and O–H groups in total. The summed E-state index contributed by atoms with van der Waals surface area (Å²) in [7, 11) is 4.97. The smallest absolute Gasteiger partial charge is 0.242 e. The lowest BCUT2D eigenvalue weighted by Crippen LogP contribution is -2.30. The summed E-state index contributed by atoms with van der Waals surface area (Å²) in [5, 5.41) is 7.06. The van der Waals surface area contributed by atoms with Crippen molar-refractivity contribution in [2.24, 2.45) is 0 Å². The summed E-state index contributed by atoms with van der Waals surface area (Å²) in [4.78, 5) is 14.5. The molecule has 0 saturated heterocycles. The molecule has 0 aliphatic carbocycles. The number of aromatic nitrogens is 3. The number of likely N-dealkylation sites (N-methyl/N-ethyl adjacent to an activating group) is 1. The third-order valence-electron chi connectivity index (χ3n) is 4.48. The van der Waals surface area contributed by atoms with E-state index in [9.17, 15) is 4.79 Å². The molecule has 0 fully saturated rings. The molecule has 0 spiro atoms. The number of ether oxygens (including phenoxy) is 2. The maximum atomic E-state index is 12.9. The van der Waals surface area contributed by atoms with E-state index in [1.165, 1.54) is 0 Å². The van der Waals surface area contributed by atoms with Crippen molar-refractivity contribution in [1.82, 2.24) is 19.7 Å². The molecule has 0 saturated carbocycles. The molecule has 0 unspecified atom stereocenters. The van der Waals surface area contributed by atoms with Crippen molar-refractivity contribution in [3.63, 3.8) is 0 Å². The molecule has 3 rings (SSSR count). The van der Waals surface area contributed by atoms with Crippen LogP contribution in [0.2, 0.25) is 0 Å². The Balaban J connectivity index is 1.79. The maximum absolute atomic E-state index is 12.9. The van der Waals surface area contributed by atoms with E-state index < -0.39 is 0 Å². The zero-order chi connectivity index (χ0) is 21.0. The zero-order valence-corrected chi connectivity index (χ0v) is 18.7. The average molecular weight is 477 g/mol. The van der Waals surface area contributed by atoms with Crippen molar-refractivity contribution in [2.45, 2.75) is 13.1 Å². The largest absolute Gasteiger partial charge is 0.497 e. The molecule has 0 radical (unpaired) electrons. The van der Waals surface area contributed by atoms with Gasteiger partial charge in [0.1, 0.15) is 18.0 Å². The van der Waals surface area contributed by atoms with Crippen LogP contribution in [0.4, 0.5) is 0 Å². The van der Waals surface area contributed by atoms with Crippen molar-refractivity contribution in [2.75, 3.05) is 21.3 Å². The summed E-state index contributed by atoms with van der Waals surface area (Å²) >= 11 is 8.79. The minimum atomic E-state index is -0.0979. The first-order chi connectivity index (χ1) is 13.9. The van der Waals surface area contributed by atoms with Gasteiger partial charge in [-0.05, 0) is 54.7 Å². The summed E-state index contributed by atoms with van der Waals surface area (Å²) in [5.41, 5.74) is 1.74. The normalized spacial score (nSPS) is 10.6. The van der Waals surface area contributed by atoms with Crippen LogP contribution in [-0.2, 0) is 17.9 Å². The number of H-pyrrole nitrogens is 1. The number of carbonyl (C=O) groups is 1. The van der Waals surface area contributed by atoms with Gasteiger partial charge in [-0.2, -0.15) is 5.10 Å². The van der Waals surface area contributed by atoms with Gasteiger partial charge in [0, 0.05) is 29.2 Å². The highest BCUT2D eigenvalue weighted by atomic mass is 79.9. The molecule has 9 heteroatoms. The molecule has 3 aromatic rings. The second-order valence-corrected chi connectivity index (χ2v) is 7.68. The van der Waals surface area contributed by atoms with Crippen LogP contribution in [0.5, 0.6) is 11.5 Å². The van der Waals surface area contributed by atoms with Crippen molar-refractivity contribution >= 4 is 34.1 Å². The predicted molar refractivity (Wildman–Crippen MR) is 117 cm³/mol. The van der Waals surface area contributed by atoms with Gasteiger partial charge in [-0.1, -0.05) is 15.9 Å². The Morgan fingerprint density at radius 2 is 1.93 bits per heavy atom. The molecule has 152 valence electrons. The third kappa shape index (κ3) is 4.86. The fraction of sp³-hybridized carbons (Fsp3) is 0.250. The Labute approximate surface area is 182 Å². The highest BCUT2D eigenvalue weighted by Crippen LogP contribution is 2.25. The van der Waals surface area contributed by atoms with Crippen molar-refractivity contribution in [3.05, 3.63) is 57.3 Å². The molecule has 1 aromatic heterocycles. The van der Waals surface area contributed by atoms with Crippen LogP contribution in [0.3, 0.4) is 0 Å². The first-order valence-electron chi connectivity index (χ1n) is 8.79. The van der Waals surface area contributed by atoms with Crippen molar-refractivity contribution in [3.8, 4) is 22.9 Å². The number of nitrogens with one attached hydrogen (secondary N) is 1. The number of nitrogens with zero attached hydrogens (tertiary/aromatic N) is 3. The van der Waals surface area contributed by atoms with Crippen molar-refractivity contribution in [1.29, 1.82) is 0 Å². The van der Waals surface area contributed by atoms with E-state index in [1.54, 1.807) is 30.7 Å². The second kappa shape index (κ2) is 9.23. The zero-order valence-electron chi connectivity index (χ0n) is 16.3. The lowest BCUT2D eigenvalue weighted by molar-refractivity contribution is -0.131. The molecule has 2 aromatic carbocycles. The third-order valence-corrected chi connectivity index (χ3v) is 5.28.